The van der Waals surface area contributed by atoms with Crippen molar-refractivity contribution in [3.05, 3.63) is 17.6 Å². The quantitative estimate of drug-likeness (QED) is 0.750. The molecule has 1 aromatic rings. The molecule has 0 aromatic carbocycles. The van der Waals surface area contributed by atoms with Crippen LogP contribution in [0.5, 0.6) is 0 Å². The van der Waals surface area contributed by atoms with Crippen LogP contribution in [0.2, 0.25) is 0 Å². The highest BCUT2D eigenvalue weighted by Gasteiger charge is 2.43. The van der Waals surface area contributed by atoms with Gasteiger partial charge in [-0.2, -0.15) is 0 Å². The Morgan fingerprint density at radius 3 is 2.67 bits per heavy atom. The van der Waals surface area contributed by atoms with E-state index in [4.69, 9.17) is 14.3 Å². The zero-order chi connectivity index (χ0) is 15.7. The predicted molar refractivity (Wildman–Crippen MR) is 73.8 cm³/mol. The fourth-order valence-corrected chi connectivity index (χ4v) is 3.51. The summed E-state index contributed by atoms with van der Waals surface area (Å²) in [5.41, 5.74) is -0.0314. The molecule has 1 heterocycles. The summed E-state index contributed by atoms with van der Waals surface area (Å²) < 4.78 is 37.0. The number of rotatable bonds is 8. The Kier molecular flexibility index (Phi) is 4.40. The molecule has 0 unspecified atom stereocenters. The van der Waals surface area contributed by atoms with Gasteiger partial charge in [-0.25, -0.2) is 17.9 Å². The van der Waals surface area contributed by atoms with Crippen LogP contribution in [0.1, 0.15) is 35.6 Å². The molecule has 2 rings (SSSR count). The molecule has 1 saturated carbocycles. The highest BCUT2D eigenvalue weighted by Crippen LogP contribution is 2.48. The number of carboxylic acid groups (broad SMARTS) is 1. The van der Waals surface area contributed by atoms with Gasteiger partial charge in [0.2, 0.25) is 15.8 Å². The minimum atomic E-state index is -3.77. The van der Waals surface area contributed by atoms with Crippen molar-refractivity contribution in [3.8, 4) is 0 Å². The molecule has 7 nitrogen and oxygen atoms in total. The van der Waals surface area contributed by atoms with E-state index in [1.54, 1.807) is 7.11 Å². The molecule has 0 radical (unpaired) electrons. The summed E-state index contributed by atoms with van der Waals surface area (Å²) >= 11 is 0. The number of aryl methyl sites for hydroxylation is 1. The molecule has 1 fully saturated rings. The number of furan rings is 1. The second-order valence-corrected chi connectivity index (χ2v) is 7.14. The second kappa shape index (κ2) is 5.78. The first-order chi connectivity index (χ1) is 9.80. The van der Waals surface area contributed by atoms with Gasteiger partial charge < -0.3 is 14.3 Å². The Morgan fingerprint density at radius 2 is 2.19 bits per heavy atom. The van der Waals surface area contributed by atoms with Crippen molar-refractivity contribution in [1.29, 1.82) is 0 Å². The second-order valence-electron chi connectivity index (χ2n) is 5.40. The summed E-state index contributed by atoms with van der Waals surface area (Å²) in [5.74, 6) is -1.60. The molecule has 0 amide bonds. The molecule has 118 valence electrons. The van der Waals surface area contributed by atoms with Crippen molar-refractivity contribution in [2.45, 2.75) is 31.1 Å². The van der Waals surface area contributed by atoms with Crippen LogP contribution in [0, 0.1) is 12.3 Å². The van der Waals surface area contributed by atoms with Crippen molar-refractivity contribution in [2.24, 2.45) is 5.41 Å². The van der Waals surface area contributed by atoms with Gasteiger partial charge in [-0.3, -0.25) is 0 Å². The predicted octanol–water partition coefficient (Wildman–Crippen LogP) is 1.38. The lowest BCUT2D eigenvalue weighted by molar-refractivity contribution is 0.0661. The first-order valence-corrected chi connectivity index (χ1v) is 8.10. The number of nitrogens with one attached hydrogen (secondary N) is 1. The monoisotopic (exact) mass is 317 g/mol. The minimum absolute atomic E-state index is 0.0314. The standard InChI is InChI=1S/C13H19NO6S/c1-9-11(7-10(20-9)12(15)16)21(17,18)14-8-13(3-4-13)5-6-19-2/h7,14H,3-6,8H2,1-2H3,(H,15,16). The molecule has 0 saturated heterocycles. The lowest BCUT2D eigenvalue weighted by Gasteiger charge is -2.15. The van der Waals surface area contributed by atoms with Crippen molar-refractivity contribution >= 4 is 16.0 Å². The highest BCUT2D eigenvalue weighted by atomic mass is 32.2. The van der Waals surface area contributed by atoms with Crippen LogP contribution in [0.4, 0.5) is 0 Å². The van der Waals surface area contributed by atoms with Crippen molar-refractivity contribution in [2.75, 3.05) is 20.3 Å². The van der Waals surface area contributed by atoms with Crippen LogP contribution in [0.25, 0.3) is 0 Å². The first-order valence-electron chi connectivity index (χ1n) is 6.62. The largest absolute Gasteiger partial charge is 0.475 e. The summed E-state index contributed by atoms with van der Waals surface area (Å²) in [6.07, 6.45) is 2.73. The fraction of sp³-hybridized carbons (Fsp3) is 0.615. The Bertz CT molecular complexity index is 629. The van der Waals surface area contributed by atoms with Gasteiger partial charge >= 0.3 is 5.97 Å². The summed E-state index contributed by atoms with van der Waals surface area (Å²) in [6, 6.07) is 1.04. The van der Waals surface area contributed by atoms with E-state index in [1.807, 2.05) is 0 Å². The van der Waals surface area contributed by atoms with Crippen LogP contribution < -0.4 is 4.72 Å². The van der Waals surface area contributed by atoms with Crippen LogP contribution in [-0.4, -0.2) is 39.8 Å². The lowest BCUT2D eigenvalue weighted by atomic mass is 10.0. The number of sulfonamides is 1. The molecule has 1 aliphatic rings. The maximum Gasteiger partial charge on any atom is 0.371 e. The zero-order valence-electron chi connectivity index (χ0n) is 12.0. The first kappa shape index (κ1) is 16.0. The highest BCUT2D eigenvalue weighted by molar-refractivity contribution is 7.89. The summed E-state index contributed by atoms with van der Waals surface area (Å²) in [4.78, 5) is 10.7. The molecule has 2 N–H and O–H groups in total. The smallest absolute Gasteiger partial charge is 0.371 e. The maximum absolute atomic E-state index is 12.2. The number of hydrogen-bond acceptors (Lipinski definition) is 5. The van der Waals surface area contributed by atoms with E-state index in [-0.39, 0.29) is 21.8 Å². The summed E-state index contributed by atoms with van der Waals surface area (Å²) in [7, 11) is -2.16. The molecule has 1 aromatic heterocycles. The molecule has 0 aliphatic heterocycles. The molecule has 0 bridgehead atoms. The van der Waals surface area contributed by atoms with Crippen LogP contribution in [0.3, 0.4) is 0 Å². The molecule has 0 spiro atoms. The number of methoxy groups -OCH3 is 1. The average molecular weight is 317 g/mol. The number of carbonyl (C=O) groups is 1. The Morgan fingerprint density at radius 1 is 1.52 bits per heavy atom. The van der Waals surface area contributed by atoms with E-state index < -0.39 is 16.0 Å². The van der Waals surface area contributed by atoms with Crippen molar-refractivity contribution < 1.29 is 27.5 Å². The van der Waals surface area contributed by atoms with Crippen LogP contribution in [-0.2, 0) is 14.8 Å². The van der Waals surface area contributed by atoms with E-state index in [9.17, 15) is 13.2 Å². The van der Waals surface area contributed by atoms with Gasteiger partial charge in [0.25, 0.3) is 0 Å². The summed E-state index contributed by atoms with van der Waals surface area (Å²) in [5, 5.41) is 8.83. The zero-order valence-corrected chi connectivity index (χ0v) is 12.8. The normalized spacial score (nSPS) is 16.9. The van der Waals surface area contributed by atoms with E-state index >= 15 is 0 Å². The van der Waals surface area contributed by atoms with Gasteiger partial charge in [-0.15, -0.1) is 0 Å². The van der Waals surface area contributed by atoms with E-state index in [2.05, 4.69) is 4.72 Å². The van der Waals surface area contributed by atoms with E-state index in [1.165, 1.54) is 6.92 Å². The van der Waals surface area contributed by atoms with Gasteiger partial charge in [0.1, 0.15) is 10.7 Å². The van der Waals surface area contributed by atoms with Gasteiger partial charge in [0.15, 0.2) is 0 Å². The third-order valence-corrected chi connectivity index (χ3v) is 5.31. The molecular formula is C13H19NO6S. The van der Waals surface area contributed by atoms with Crippen molar-refractivity contribution in [3.63, 3.8) is 0 Å². The lowest BCUT2D eigenvalue weighted by Crippen LogP contribution is -2.31. The van der Waals surface area contributed by atoms with Gasteiger partial charge in [-0.1, -0.05) is 0 Å². The molecule has 1 aliphatic carbocycles. The maximum atomic E-state index is 12.2. The third kappa shape index (κ3) is 3.63. The number of carboxylic acids is 1. The minimum Gasteiger partial charge on any atom is -0.475 e. The summed E-state index contributed by atoms with van der Waals surface area (Å²) in [6.45, 7) is 2.35. The van der Waals surface area contributed by atoms with Gasteiger partial charge in [0.05, 0.1) is 0 Å². The van der Waals surface area contributed by atoms with E-state index in [0.717, 1.165) is 25.3 Å². The van der Waals surface area contributed by atoms with Crippen molar-refractivity contribution in [1.82, 2.24) is 4.72 Å². The van der Waals surface area contributed by atoms with Crippen LogP contribution >= 0.6 is 0 Å². The Labute approximate surface area is 123 Å². The number of hydrogen-bond donors (Lipinski definition) is 2. The molecule has 21 heavy (non-hydrogen) atoms. The number of aromatic carboxylic acids is 1. The van der Waals surface area contributed by atoms with Crippen LogP contribution in [0.15, 0.2) is 15.4 Å². The van der Waals surface area contributed by atoms with E-state index in [0.29, 0.717) is 13.2 Å². The SMILES string of the molecule is COCCC1(CNS(=O)(=O)c2cc(C(=O)O)oc2C)CC1. The number of ether oxygens (including phenoxy) is 1. The molecular weight excluding hydrogens is 298 g/mol. The molecule has 8 heteroatoms. The van der Waals surface area contributed by atoms with Gasteiger partial charge in [-0.05, 0) is 31.6 Å². The van der Waals surface area contributed by atoms with Gasteiger partial charge in [0, 0.05) is 26.3 Å². The third-order valence-electron chi connectivity index (χ3n) is 3.80. The Hall–Kier alpha value is -1.38. The Balaban J connectivity index is 2.07. The fourth-order valence-electron chi connectivity index (χ4n) is 2.17. The molecule has 0 atom stereocenters. The topological polar surface area (TPSA) is 106 Å². The average Bonchev–Trinajstić information content (AvgIpc) is 3.08.